The highest BCUT2D eigenvalue weighted by atomic mass is 32.2. The average molecular weight is 278 g/mol. The molecule has 0 radical (unpaired) electrons. The smallest absolute Gasteiger partial charge is 0.240 e. The van der Waals surface area contributed by atoms with Crippen molar-refractivity contribution >= 4 is 27.5 Å². The lowest BCUT2D eigenvalue weighted by Crippen LogP contribution is -2.15. The molecular formula is C9H14N2O4S2. The van der Waals surface area contributed by atoms with Gasteiger partial charge in [0.25, 0.3) is 0 Å². The van der Waals surface area contributed by atoms with Gasteiger partial charge in [-0.15, -0.1) is 11.8 Å². The van der Waals surface area contributed by atoms with E-state index in [0.29, 0.717) is 10.6 Å². The molecule has 0 bridgehead atoms. The van der Waals surface area contributed by atoms with Crippen molar-refractivity contribution in [2.75, 3.05) is 18.1 Å². The number of nitrogen functional groups attached to an aromatic ring is 1. The highest BCUT2D eigenvalue weighted by Gasteiger charge is 2.12. The second-order valence-electron chi connectivity index (χ2n) is 3.39. The number of primary sulfonamides is 1. The van der Waals surface area contributed by atoms with E-state index in [4.69, 9.17) is 21.1 Å². The molecule has 0 amide bonds. The van der Waals surface area contributed by atoms with Crippen LogP contribution in [0.15, 0.2) is 28.0 Å². The van der Waals surface area contributed by atoms with Gasteiger partial charge in [-0.25, -0.2) is 13.6 Å². The minimum atomic E-state index is -3.81. The molecule has 6 N–H and O–H groups in total. The van der Waals surface area contributed by atoms with Gasteiger partial charge in [0.05, 0.1) is 18.4 Å². The van der Waals surface area contributed by atoms with Crippen LogP contribution in [0.3, 0.4) is 0 Å². The van der Waals surface area contributed by atoms with Gasteiger partial charge < -0.3 is 15.9 Å². The fraction of sp³-hybridized carbons (Fsp3) is 0.333. The molecule has 0 saturated carbocycles. The number of hydrogen-bond donors (Lipinski definition) is 4. The molecule has 0 saturated heterocycles. The lowest BCUT2D eigenvalue weighted by molar-refractivity contribution is 0.113. The molecule has 0 aliphatic rings. The molecule has 1 aromatic carbocycles. The molecule has 8 heteroatoms. The third-order valence-corrected chi connectivity index (χ3v) is 4.06. The van der Waals surface area contributed by atoms with Crippen molar-refractivity contribution in [3.05, 3.63) is 18.2 Å². The molecule has 0 aliphatic heterocycles. The van der Waals surface area contributed by atoms with Crippen molar-refractivity contribution in [3.8, 4) is 0 Å². The molecule has 1 atom stereocenters. The van der Waals surface area contributed by atoms with Crippen LogP contribution in [-0.2, 0) is 10.0 Å². The number of anilines is 1. The third kappa shape index (κ3) is 4.17. The van der Waals surface area contributed by atoms with Crippen LogP contribution in [0.4, 0.5) is 5.69 Å². The van der Waals surface area contributed by atoms with Gasteiger partial charge in [0.1, 0.15) is 4.90 Å². The van der Waals surface area contributed by atoms with Crippen molar-refractivity contribution in [3.63, 3.8) is 0 Å². The number of aliphatic hydroxyl groups is 2. The first kappa shape index (κ1) is 14.3. The summed E-state index contributed by atoms with van der Waals surface area (Å²) >= 11 is 1.26. The Kier molecular flexibility index (Phi) is 4.78. The Balaban J connectivity index is 2.83. The zero-order chi connectivity index (χ0) is 13.1. The standard InChI is InChI=1S/C9H14N2O4S2/c10-8-3-7(16-5-6(13)4-12)1-2-9(8)17(11,14)15/h1-3,6,12-13H,4-5,10H2,(H2,11,14,15). The van der Waals surface area contributed by atoms with Crippen LogP contribution < -0.4 is 10.9 Å². The second kappa shape index (κ2) is 5.69. The zero-order valence-corrected chi connectivity index (χ0v) is 10.5. The largest absolute Gasteiger partial charge is 0.398 e. The Morgan fingerprint density at radius 3 is 2.53 bits per heavy atom. The Hall–Kier alpha value is -0.800. The molecule has 17 heavy (non-hydrogen) atoms. The van der Waals surface area contributed by atoms with E-state index in [1.54, 1.807) is 6.07 Å². The first-order valence-electron chi connectivity index (χ1n) is 4.68. The van der Waals surface area contributed by atoms with Crippen molar-refractivity contribution in [2.45, 2.75) is 15.9 Å². The molecule has 0 spiro atoms. The van der Waals surface area contributed by atoms with Crippen LogP contribution in [0, 0.1) is 0 Å². The summed E-state index contributed by atoms with van der Waals surface area (Å²) in [5, 5.41) is 22.8. The number of hydrogen-bond acceptors (Lipinski definition) is 6. The van der Waals surface area contributed by atoms with Gasteiger partial charge >= 0.3 is 0 Å². The Bertz CT molecular complexity index is 490. The molecule has 6 nitrogen and oxygen atoms in total. The monoisotopic (exact) mass is 278 g/mol. The summed E-state index contributed by atoms with van der Waals surface area (Å²) < 4.78 is 22.2. The van der Waals surface area contributed by atoms with Gasteiger partial charge in [0.2, 0.25) is 10.0 Å². The number of benzene rings is 1. The van der Waals surface area contributed by atoms with E-state index >= 15 is 0 Å². The average Bonchev–Trinajstić information content (AvgIpc) is 2.24. The molecule has 0 aliphatic carbocycles. The predicted octanol–water partition coefficient (Wildman–Crippen LogP) is -0.639. The quantitative estimate of drug-likeness (QED) is 0.419. The Morgan fingerprint density at radius 2 is 2.06 bits per heavy atom. The van der Waals surface area contributed by atoms with E-state index in [2.05, 4.69) is 0 Å². The lowest BCUT2D eigenvalue weighted by Gasteiger charge is -2.08. The fourth-order valence-corrected chi connectivity index (χ4v) is 2.63. The molecule has 1 unspecified atom stereocenters. The Morgan fingerprint density at radius 1 is 1.41 bits per heavy atom. The minimum Gasteiger partial charge on any atom is -0.398 e. The fourth-order valence-electron chi connectivity index (χ4n) is 1.12. The van der Waals surface area contributed by atoms with Crippen molar-refractivity contribution in [1.82, 2.24) is 0 Å². The van der Waals surface area contributed by atoms with Gasteiger partial charge in [-0.05, 0) is 18.2 Å². The lowest BCUT2D eigenvalue weighted by atomic mass is 10.3. The number of sulfonamides is 1. The van der Waals surface area contributed by atoms with Gasteiger partial charge in [-0.1, -0.05) is 0 Å². The van der Waals surface area contributed by atoms with Crippen LogP contribution in [0.25, 0.3) is 0 Å². The summed E-state index contributed by atoms with van der Waals surface area (Å²) in [6, 6.07) is 4.33. The topological polar surface area (TPSA) is 127 Å². The zero-order valence-electron chi connectivity index (χ0n) is 8.91. The third-order valence-electron chi connectivity index (χ3n) is 1.94. The Labute approximate surface area is 104 Å². The van der Waals surface area contributed by atoms with Gasteiger partial charge in [0, 0.05) is 10.6 Å². The van der Waals surface area contributed by atoms with E-state index < -0.39 is 16.1 Å². The summed E-state index contributed by atoms with van der Waals surface area (Å²) in [4.78, 5) is 0.576. The predicted molar refractivity (Wildman–Crippen MR) is 66.0 cm³/mol. The first-order chi connectivity index (χ1) is 7.84. The molecule has 0 heterocycles. The number of thioether (sulfide) groups is 1. The number of aliphatic hydroxyl groups excluding tert-OH is 2. The molecule has 0 aromatic heterocycles. The van der Waals surface area contributed by atoms with E-state index in [9.17, 15) is 8.42 Å². The highest BCUT2D eigenvalue weighted by Crippen LogP contribution is 2.25. The first-order valence-corrected chi connectivity index (χ1v) is 7.22. The van der Waals surface area contributed by atoms with Gasteiger partial charge in [-0.2, -0.15) is 0 Å². The molecular weight excluding hydrogens is 264 g/mol. The van der Waals surface area contributed by atoms with Crippen molar-refractivity contribution in [2.24, 2.45) is 5.14 Å². The van der Waals surface area contributed by atoms with E-state index in [1.807, 2.05) is 0 Å². The van der Waals surface area contributed by atoms with Crippen LogP contribution in [-0.4, -0.2) is 37.1 Å². The molecule has 96 valence electrons. The summed E-state index contributed by atoms with van der Waals surface area (Å²) in [5.74, 6) is 0.296. The maximum absolute atomic E-state index is 11.1. The normalized spacial score (nSPS) is 13.6. The summed E-state index contributed by atoms with van der Waals surface area (Å²) in [5.41, 5.74) is 5.63. The SMILES string of the molecule is Nc1cc(SCC(O)CO)ccc1S(N)(=O)=O. The van der Waals surface area contributed by atoms with Crippen LogP contribution >= 0.6 is 11.8 Å². The van der Waals surface area contributed by atoms with Crippen molar-refractivity contribution < 1.29 is 18.6 Å². The maximum Gasteiger partial charge on any atom is 0.240 e. The summed E-state index contributed by atoms with van der Waals surface area (Å²) in [7, 11) is -3.81. The number of rotatable bonds is 5. The molecule has 1 rings (SSSR count). The minimum absolute atomic E-state index is 0.0657. The van der Waals surface area contributed by atoms with E-state index in [-0.39, 0.29) is 17.2 Å². The highest BCUT2D eigenvalue weighted by molar-refractivity contribution is 7.99. The van der Waals surface area contributed by atoms with Crippen LogP contribution in [0.5, 0.6) is 0 Å². The van der Waals surface area contributed by atoms with Crippen LogP contribution in [0.1, 0.15) is 0 Å². The van der Waals surface area contributed by atoms with Gasteiger partial charge in [-0.3, -0.25) is 0 Å². The van der Waals surface area contributed by atoms with Crippen LogP contribution in [0.2, 0.25) is 0 Å². The van der Waals surface area contributed by atoms with Crippen molar-refractivity contribution in [1.29, 1.82) is 0 Å². The maximum atomic E-state index is 11.1. The van der Waals surface area contributed by atoms with Gasteiger partial charge in [0.15, 0.2) is 0 Å². The summed E-state index contributed by atoms with van der Waals surface area (Å²) in [6.07, 6.45) is -0.820. The molecule has 0 fully saturated rings. The molecule has 1 aromatic rings. The van der Waals surface area contributed by atoms with E-state index in [0.717, 1.165) is 0 Å². The summed E-state index contributed by atoms with van der Waals surface area (Å²) in [6.45, 7) is -0.322. The second-order valence-corrected chi connectivity index (χ2v) is 6.02. The number of nitrogens with two attached hydrogens (primary N) is 2. The van der Waals surface area contributed by atoms with E-state index in [1.165, 1.54) is 23.9 Å².